The molecule has 0 amide bonds. The van der Waals surface area contributed by atoms with Crippen LogP contribution in [-0.4, -0.2) is 39.0 Å². The Morgan fingerprint density at radius 1 is 1.19 bits per heavy atom. The molecule has 2 heterocycles. The van der Waals surface area contributed by atoms with Crippen molar-refractivity contribution >= 4 is 17.0 Å². The number of aromatic nitrogens is 2. The van der Waals surface area contributed by atoms with Gasteiger partial charge in [0, 0.05) is 19.5 Å². The molecule has 1 fully saturated rings. The molecule has 2 N–H and O–H groups in total. The van der Waals surface area contributed by atoms with Crippen LogP contribution in [0.5, 0.6) is 0 Å². The molecule has 0 bridgehead atoms. The van der Waals surface area contributed by atoms with E-state index in [9.17, 15) is 9.90 Å². The maximum Gasteiger partial charge on any atom is 0.336 e. The standard InChI is InChI=1S/C21H23N3O2/c25-21(26)17-8-2-1-7-16(17)14-24-11-5-6-15(13-24)12-20-22-18-9-3-4-10-19(18)23-20/h1-4,7-10,15H,5-6,11-14H2,(H,22,23)(H,25,26)/t15-/m0/s1. The molecule has 0 aliphatic carbocycles. The predicted molar refractivity (Wildman–Crippen MR) is 101 cm³/mol. The van der Waals surface area contributed by atoms with Gasteiger partial charge in [-0.3, -0.25) is 4.90 Å². The van der Waals surface area contributed by atoms with Gasteiger partial charge >= 0.3 is 5.97 Å². The third-order valence-electron chi connectivity index (χ3n) is 5.17. The quantitative estimate of drug-likeness (QED) is 0.737. The van der Waals surface area contributed by atoms with Crippen molar-refractivity contribution in [2.75, 3.05) is 13.1 Å². The highest BCUT2D eigenvalue weighted by Gasteiger charge is 2.22. The smallest absolute Gasteiger partial charge is 0.336 e. The van der Waals surface area contributed by atoms with Crippen LogP contribution in [-0.2, 0) is 13.0 Å². The van der Waals surface area contributed by atoms with Crippen molar-refractivity contribution in [3.63, 3.8) is 0 Å². The highest BCUT2D eigenvalue weighted by Crippen LogP contribution is 2.23. The minimum atomic E-state index is -0.851. The number of fused-ring (bicyclic) bond motifs is 1. The Labute approximate surface area is 152 Å². The first-order valence-corrected chi connectivity index (χ1v) is 9.16. The number of hydrogen-bond donors (Lipinski definition) is 2. The Balaban J connectivity index is 1.43. The Bertz CT molecular complexity index is 885. The van der Waals surface area contributed by atoms with Gasteiger partial charge in [0.2, 0.25) is 0 Å². The van der Waals surface area contributed by atoms with Gasteiger partial charge in [-0.2, -0.15) is 0 Å². The summed E-state index contributed by atoms with van der Waals surface area (Å²) in [6, 6.07) is 15.4. The van der Waals surface area contributed by atoms with Gasteiger partial charge in [-0.15, -0.1) is 0 Å². The number of likely N-dealkylation sites (tertiary alicyclic amines) is 1. The van der Waals surface area contributed by atoms with E-state index in [1.165, 1.54) is 6.42 Å². The predicted octanol–water partition coefficient (Wildman–Crippen LogP) is 3.72. The molecule has 5 heteroatoms. The minimum Gasteiger partial charge on any atom is -0.478 e. The highest BCUT2D eigenvalue weighted by molar-refractivity contribution is 5.89. The van der Waals surface area contributed by atoms with Crippen LogP contribution < -0.4 is 0 Å². The number of carboxylic acid groups (broad SMARTS) is 1. The van der Waals surface area contributed by atoms with Crippen molar-refractivity contribution in [2.24, 2.45) is 5.92 Å². The second kappa shape index (κ2) is 7.30. The molecule has 1 aliphatic heterocycles. The molecule has 0 radical (unpaired) electrons. The monoisotopic (exact) mass is 349 g/mol. The summed E-state index contributed by atoms with van der Waals surface area (Å²) in [5.74, 6) is 0.738. The number of nitrogens with one attached hydrogen (secondary N) is 1. The summed E-state index contributed by atoms with van der Waals surface area (Å²) < 4.78 is 0. The topological polar surface area (TPSA) is 69.2 Å². The summed E-state index contributed by atoms with van der Waals surface area (Å²) in [5, 5.41) is 9.38. The van der Waals surface area contributed by atoms with Crippen LogP contribution in [0.4, 0.5) is 0 Å². The van der Waals surface area contributed by atoms with E-state index in [1.54, 1.807) is 12.1 Å². The van der Waals surface area contributed by atoms with Gasteiger partial charge in [0.1, 0.15) is 5.82 Å². The van der Waals surface area contributed by atoms with Crippen LogP contribution in [0.3, 0.4) is 0 Å². The molecule has 0 spiro atoms. The van der Waals surface area contributed by atoms with Gasteiger partial charge in [0.15, 0.2) is 0 Å². The Hall–Kier alpha value is -2.66. The summed E-state index contributed by atoms with van der Waals surface area (Å²) in [7, 11) is 0. The first kappa shape index (κ1) is 16.8. The van der Waals surface area contributed by atoms with Crippen LogP contribution >= 0.6 is 0 Å². The van der Waals surface area contributed by atoms with Crippen LogP contribution in [0.1, 0.15) is 34.6 Å². The van der Waals surface area contributed by atoms with Gasteiger partial charge in [0.05, 0.1) is 16.6 Å². The fraction of sp³-hybridized carbons (Fsp3) is 0.333. The molecule has 1 aromatic heterocycles. The van der Waals surface area contributed by atoms with Crippen LogP contribution in [0.2, 0.25) is 0 Å². The molecular formula is C21H23N3O2. The number of nitrogens with zero attached hydrogens (tertiary/aromatic N) is 2. The molecule has 4 rings (SSSR count). The lowest BCUT2D eigenvalue weighted by Crippen LogP contribution is -2.36. The molecule has 3 aromatic rings. The molecule has 0 saturated carbocycles. The summed E-state index contributed by atoms with van der Waals surface area (Å²) in [5.41, 5.74) is 3.41. The second-order valence-corrected chi connectivity index (χ2v) is 7.11. The summed E-state index contributed by atoms with van der Waals surface area (Å²) in [4.78, 5) is 21.9. The van der Waals surface area contributed by atoms with Crippen molar-refractivity contribution < 1.29 is 9.90 Å². The van der Waals surface area contributed by atoms with E-state index in [4.69, 9.17) is 4.98 Å². The number of rotatable bonds is 5. The fourth-order valence-electron chi connectivity index (χ4n) is 3.94. The van der Waals surface area contributed by atoms with E-state index < -0.39 is 5.97 Å². The van der Waals surface area contributed by atoms with Crippen LogP contribution in [0.25, 0.3) is 11.0 Å². The van der Waals surface area contributed by atoms with E-state index >= 15 is 0 Å². The number of imidazole rings is 1. The number of hydrogen-bond acceptors (Lipinski definition) is 3. The van der Waals surface area contributed by atoms with Gasteiger partial charge in [-0.25, -0.2) is 9.78 Å². The van der Waals surface area contributed by atoms with Gasteiger partial charge in [-0.05, 0) is 49.1 Å². The number of H-pyrrole nitrogens is 1. The number of benzene rings is 2. The Morgan fingerprint density at radius 3 is 2.85 bits per heavy atom. The number of para-hydroxylation sites is 2. The van der Waals surface area contributed by atoms with Gasteiger partial charge in [-0.1, -0.05) is 30.3 Å². The molecule has 2 aromatic carbocycles. The zero-order valence-corrected chi connectivity index (χ0v) is 14.7. The SMILES string of the molecule is O=C(O)c1ccccc1CN1CCC[C@@H](Cc2nc3ccccc3[nH]2)C1. The van der Waals surface area contributed by atoms with E-state index in [2.05, 4.69) is 16.0 Å². The molecule has 1 atom stereocenters. The van der Waals surface area contributed by atoms with Gasteiger partial charge in [0.25, 0.3) is 0 Å². The molecule has 134 valence electrons. The first-order chi connectivity index (χ1) is 12.7. The fourth-order valence-corrected chi connectivity index (χ4v) is 3.94. The average Bonchev–Trinajstić information content (AvgIpc) is 3.04. The Morgan fingerprint density at radius 2 is 2.00 bits per heavy atom. The van der Waals surface area contributed by atoms with Crippen molar-refractivity contribution in [3.8, 4) is 0 Å². The van der Waals surface area contributed by atoms with Crippen molar-refractivity contribution in [2.45, 2.75) is 25.8 Å². The first-order valence-electron chi connectivity index (χ1n) is 9.16. The van der Waals surface area contributed by atoms with E-state index in [0.29, 0.717) is 18.0 Å². The molecule has 5 nitrogen and oxygen atoms in total. The number of aromatic amines is 1. The van der Waals surface area contributed by atoms with Crippen molar-refractivity contribution in [1.29, 1.82) is 0 Å². The normalized spacial score (nSPS) is 18.2. The van der Waals surface area contributed by atoms with E-state index in [-0.39, 0.29) is 0 Å². The molecule has 26 heavy (non-hydrogen) atoms. The second-order valence-electron chi connectivity index (χ2n) is 7.11. The maximum absolute atomic E-state index is 11.4. The average molecular weight is 349 g/mol. The summed E-state index contributed by atoms with van der Waals surface area (Å²) in [6.45, 7) is 2.69. The van der Waals surface area contributed by atoms with Crippen LogP contribution in [0.15, 0.2) is 48.5 Å². The van der Waals surface area contributed by atoms with Crippen LogP contribution in [0, 0.1) is 5.92 Å². The largest absolute Gasteiger partial charge is 0.478 e. The lowest BCUT2D eigenvalue weighted by atomic mass is 9.94. The molecule has 1 aliphatic rings. The zero-order valence-electron chi connectivity index (χ0n) is 14.7. The third-order valence-corrected chi connectivity index (χ3v) is 5.17. The zero-order chi connectivity index (χ0) is 17.9. The molecule has 1 saturated heterocycles. The summed E-state index contributed by atoms with van der Waals surface area (Å²) >= 11 is 0. The maximum atomic E-state index is 11.4. The molecule has 0 unspecified atom stereocenters. The minimum absolute atomic E-state index is 0.409. The van der Waals surface area contributed by atoms with Crippen molar-refractivity contribution in [1.82, 2.24) is 14.9 Å². The third kappa shape index (κ3) is 3.63. The number of carbonyl (C=O) groups is 1. The van der Waals surface area contributed by atoms with Crippen molar-refractivity contribution in [3.05, 3.63) is 65.5 Å². The number of carboxylic acids is 1. The van der Waals surface area contributed by atoms with E-state index in [0.717, 1.165) is 48.4 Å². The lowest BCUT2D eigenvalue weighted by molar-refractivity contribution is 0.0693. The highest BCUT2D eigenvalue weighted by atomic mass is 16.4. The number of piperidine rings is 1. The Kier molecular flexibility index (Phi) is 4.71. The van der Waals surface area contributed by atoms with E-state index in [1.807, 2.05) is 30.3 Å². The molecular weight excluding hydrogens is 326 g/mol. The number of aromatic carboxylic acids is 1. The summed E-state index contributed by atoms with van der Waals surface area (Å²) in [6.07, 6.45) is 3.26. The van der Waals surface area contributed by atoms with Gasteiger partial charge < -0.3 is 10.1 Å². The lowest BCUT2D eigenvalue weighted by Gasteiger charge is -2.32.